The van der Waals surface area contributed by atoms with Crippen molar-refractivity contribution in [3.05, 3.63) is 29.8 Å². The van der Waals surface area contributed by atoms with Crippen molar-refractivity contribution in [2.24, 2.45) is 0 Å². The number of amides is 2. The highest BCUT2D eigenvalue weighted by Crippen LogP contribution is 2.18. The summed E-state index contributed by atoms with van der Waals surface area (Å²) in [7, 11) is -2.99. The lowest BCUT2D eigenvalue weighted by molar-refractivity contribution is 0.235. The van der Waals surface area contributed by atoms with Gasteiger partial charge >= 0.3 is 6.03 Å². The molecule has 1 saturated heterocycles. The Balaban J connectivity index is 1.85. The lowest BCUT2D eigenvalue weighted by Crippen LogP contribution is -2.43. The number of carbonyl (C=O) groups excluding carboxylic acids is 1. The molecular weight excluding hydrogens is 304 g/mol. The van der Waals surface area contributed by atoms with Crippen molar-refractivity contribution in [1.29, 1.82) is 0 Å². The molecule has 0 aromatic heterocycles. The van der Waals surface area contributed by atoms with E-state index >= 15 is 0 Å². The standard InChI is InChI=1S/C15H22N2O4S/c1-3-21-14-6-4-12(5-7-14)11(2)16-15(18)17-13-8-9-22(19,20)10-13/h4-7,11,13H,3,8-10H2,1-2H3,(H2,16,17,18)/t11-,13-/m0/s1. The van der Waals surface area contributed by atoms with Crippen molar-refractivity contribution < 1.29 is 17.9 Å². The quantitative estimate of drug-likeness (QED) is 0.861. The third-order valence-electron chi connectivity index (χ3n) is 3.61. The third-order valence-corrected chi connectivity index (χ3v) is 5.37. The molecule has 2 amide bonds. The Bertz CT molecular complexity index is 613. The van der Waals surface area contributed by atoms with Crippen molar-refractivity contribution in [2.75, 3.05) is 18.1 Å². The van der Waals surface area contributed by atoms with Crippen LogP contribution in [0.3, 0.4) is 0 Å². The van der Waals surface area contributed by atoms with E-state index < -0.39 is 9.84 Å². The number of benzene rings is 1. The monoisotopic (exact) mass is 326 g/mol. The molecule has 1 aliphatic heterocycles. The first-order chi connectivity index (χ1) is 10.4. The fourth-order valence-electron chi connectivity index (χ4n) is 2.44. The summed E-state index contributed by atoms with van der Waals surface area (Å²) in [5.41, 5.74) is 0.956. The fraction of sp³-hybridized carbons (Fsp3) is 0.533. The molecule has 2 N–H and O–H groups in total. The molecular formula is C15H22N2O4S. The maximum Gasteiger partial charge on any atom is 0.315 e. The van der Waals surface area contributed by atoms with Crippen LogP contribution in [0.4, 0.5) is 4.79 Å². The van der Waals surface area contributed by atoms with Gasteiger partial charge in [-0.2, -0.15) is 0 Å². The Hall–Kier alpha value is -1.76. The van der Waals surface area contributed by atoms with Crippen LogP contribution in [-0.2, 0) is 9.84 Å². The summed E-state index contributed by atoms with van der Waals surface area (Å²) in [4.78, 5) is 11.9. The highest BCUT2D eigenvalue weighted by Gasteiger charge is 2.29. The number of carbonyl (C=O) groups is 1. The molecule has 22 heavy (non-hydrogen) atoms. The van der Waals surface area contributed by atoms with E-state index in [1.807, 2.05) is 38.1 Å². The smallest absolute Gasteiger partial charge is 0.315 e. The Kier molecular flexibility index (Phi) is 5.28. The molecule has 1 fully saturated rings. The van der Waals surface area contributed by atoms with Gasteiger partial charge in [0.15, 0.2) is 9.84 Å². The predicted molar refractivity (Wildman–Crippen MR) is 84.8 cm³/mol. The van der Waals surface area contributed by atoms with Gasteiger partial charge < -0.3 is 15.4 Å². The van der Waals surface area contributed by atoms with Gasteiger partial charge in [0.1, 0.15) is 5.75 Å². The van der Waals surface area contributed by atoms with Gasteiger partial charge in [0.2, 0.25) is 0 Å². The van der Waals surface area contributed by atoms with Gasteiger partial charge in [-0.25, -0.2) is 13.2 Å². The number of hydrogen-bond donors (Lipinski definition) is 2. The van der Waals surface area contributed by atoms with Crippen LogP contribution in [0, 0.1) is 0 Å². The van der Waals surface area contributed by atoms with Crippen LogP contribution < -0.4 is 15.4 Å². The number of rotatable bonds is 5. The zero-order chi connectivity index (χ0) is 16.2. The molecule has 1 heterocycles. The van der Waals surface area contributed by atoms with E-state index in [4.69, 9.17) is 4.74 Å². The Morgan fingerprint density at radius 3 is 2.59 bits per heavy atom. The Labute approximate surface area is 131 Å². The predicted octanol–water partition coefficient (Wildman–Crippen LogP) is 1.63. The molecule has 2 rings (SSSR count). The third kappa shape index (κ3) is 4.62. The lowest BCUT2D eigenvalue weighted by atomic mass is 10.1. The first-order valence-corrected chi connectivity index (χ1v) is 9.22. The van der Waals surface area contributed by atoms with E-state index in [0.717, 1.165) is 11.3 Å². The first kappa shape index (κ1) is 16.6. The van der Waals surface area contributed by atoms with Gasteiger partial charge in [0.05, 0.1) is 24.2 Å². The van der Waals surface area contributed by atoms with Crippen molar-refractivity contribution in [2.45, 2.75) is 32.4 Å². The molecule has 1 aromatic carbocycles. The average Bonchev–Trinajstić information content (AvgIpc) is 2.78. The van der Waals surface area contributed by atoms with Crippen molar-refractivity contribution >= 4 is 15.9 Å². The normalized spacial score (nSPS) is 21.1. The highest BCUT2D eigenvalue weighted by atomic mass is 32.2. The molecule has 7 heteroatoms. The number of ether oxygens (including phenoxy) is 1. The molecule has 0 radical (unpaired) electrons. The molecule has 0 unspecified atom stereocenters. The minimum atomic E-state index is -2.99. The molecule has 0 aliphatic carbocycles. The van der Waals surface area contributed by atoms with Gasteiger partial charge in [-0.3, -0.25) is 0 Å². The molecule has 0 bridgehead atoms. The number of nitrogens with one attached hydrogen (secondary N) is 2. The van der Waals surface area contributed by atoms with Crippen LogP contribution in [0.1, 0.15) is 31.9 Å². The topological polar surface area (TPSA) is 84.5 Å². The number of sulfone groups is 1. The lowest BCUT2D eigenvalue weighted by Gasteiger charge is -2.17. The second-order valence-corrected chi connectivity index (χ2v) is 7.67. The second kappa shape index (κ2) is 7.00. The number of hydrogen-bond acceptors (Lipinski definition) is 4. The Morgan fingerprint density at radius 1 is 1.36 bits per heavy atom. The highest BCUT2D eigenvalue weighted by molar-refractivity contribution is 7.91. The van der Waals surface area contributed by atoms with Gasteiger partial charge in [-0.1, -0.05) is 12.1 Å². The first-order valence-electron chi connectivity index (χ1n) is 7.40. The van der Waals surface area contributed by atoms with E-state index in [1.54, 1.807) is 0 Å². The summed E-state index contributed by atoms with van der Waals surface area (Å²) in [6.45, 7) is 4.41. The summed E-state index contributed by atoms with van der Waals surface area (Å²) in [6, 6.07) is 6.71. The van der Waals surface area contributed by atoms with Gasteiger partial charge in [-0.15, -0.1) is 0 Å². The molecule has 2 atom stereocenters. The van der Waals surface area contributed by atoms with Gasteiger partial charge in [0, 0.05) is 6.04 Å². The van der Waals surface area contributed by atoms with Crippen LogP contribution in [0.15, 0.2) is 24.3 Å². The largest absolute Gasteiger partial charge is 0.494 e. The van der Waals surface area contributed by atoms with Crippen LogP contribution in [0.2, 0.25) is 0 Å². The molecule has 0 saturated carbocycles. The maximum atomic E-state index is 11.9. The maximum absolute atomic E-state index is 11.9. The minimum absolute atomic E-state index is 0.0256. The number of urea groups is 1. The van der Waals surface area contributed by atoms with Crippen molar-refractivity contribution in [3.63, 3.8) is 0 Å². The Morgan fingerprint density at radius 2 is 2.05 bits per heavy atom. The summed E-state index contributed by atoms with van der Waals surface area (Å²) < 4.78 is 28.1. The summed E-state index contributed by atoms with van der Waals surface area (Å²) in [5.74, 6) is 0.962. The fourth-order valence-corrected chi connectivity index (χ4v) is 4.11. The SMILES string of the molecule is CCOc1ccc([C@H](C)NC(=O)N[C@H]2CCS(=O)(=O)C2)cc1. The van der Waals surface area contributed by atoms with Crippen LogP contribution in [0.25, 0.3) is 0 Å². The minimum Gasteiger partial charge on any atom is -0.494 e. The zero-order valence-electron chi connectivity index (χ0n) is 12.8. The summed E-state index contributed by atoms with van der Waals surface area (Å²) >= 11 is 0. The average molecular weight is 326 g/mol. The molecule has 0 spiro atoms. The second-order valence-electron chi connectivity index (χ2n) is 5.44. The summed E-state index contributed by atoms with van der Waals surface area (Å²) in [6.07, 6.45) is 0.479. The van der Waals surface area contributed by atoms with Crippen LogP contribution in [0.5, 0.6) is 5.75 Å². The molecule has 6 nitrogen and oxygen atoms in total. The molecule has 1 aromatic rings. The zero-order valence-corrected chi connectivity index (χ0v) is 13.7. The molecule has 1 aliphatic rings. The van der Waals surface area contributed by atoms with Crippen LogP contribution >= 0.6 is 0 Å². The van der Waals surface area contributed by atoms with Crippen molar-refractivity contribution in [1.82, 2.24) is 10.6 Å². The van der Waals surface area contributed by atoms with E-state index in [2.05, 4.69) is 10.6 Å². The van der Waals surface area contributed by atoms with Gasteiger partial charge in [-0.05, 0) is 38.0 Å². The van der Waals surface area contributed by atoms with Crippen molar-refractivity contribution in [3.8, 4) is 5.75 Å². The van der Waals surface area contributed by atoms with E-state index in [9.17, 15) is 13.2 Å². The van der Waals surface area contributed by atoms with E-state index in [0.29, 0.717) is 13.0 Å². The van der Waals surface area contributed by atoms with Gasteiger partial charge in [0.25, 0.3) is 0 Å². The summed E-state index contributed by atoms with van der Waals surface area (Å²) in [5, 5.41) is 5.53. The van der Waals surface area contributed by atoms with E-state index in [-0.39, 0.29) is 29.6 Å². The van der Waals surface area contributed by atoms with E-state index in [1.165, 1.54) is 0 Å². The molecule has 122 valence electrons. The van der Waals surface area contributed by atoms with Crippen LogP contribution in [-0.4, -0.2) is 38.6 Å².